The average molecular weight is 395 g/mol. The van der Waals surface area contributed by atoms with Gasteiger partial charge in [0.1, 0.15) is 5.76 Å². The van der Waals surface area contributed by atoms with Gasteiger partial charge in [-0.1, -0.05) is 28.9 Å². The average Bonchev–Trinajstić information content (AvgIpc) is 2.68. The van der Waals surface area contributed by atoms with E-state index in [1.54, 1.807) is 0 Å². The van der Waals surface area contributed by atoms with Gasteiger partial charge in [-0.25, -0.2) is 4.79 Å². The van der Waals surface area contributed by atoms with Crippen LogP contribution >= 0.6 is 15.9 Å². The molecule has 2 rings (SSSR count). The molecule has 1 aromatic carbocycles. The van der Waals surface area contributed by atoms with E-state index in [1.165, 1.54) is 0 Å². The Morgan fingerprint density at radius 2 is 2.00 bits per heavy atom. The first-order valence-electron chi connectivity index (χ1n) is 8.03. The minimum atomic E-state index is -0.757. The van der Waals surface area contributed by atoms with Crippen LogP contribution in [0, 0.1) is 6.92 Å². The van der Waals surface area contributed by atoms with E-state index in [4.69, 9.17) is 4.74 Å². The number of aryl methyl sites for hydroxylation is 2. The van der Waals surface area contributed by atoms with E-state index in [9.17, 15) is 9.59 Å². The summed E-state index contributed by atoms with van der Waals surface area (Å²) in [5.41, 5.74) is 2.57. The van der Waals surface area contributed by atoms with E-state index in [0.29, 0.717) is 17.9 Å². The van der Waals surface area contributed by atoms with Gasteiger partial charge in [0, 0.05) is 16.6 Å². The van der Waals surface area contributed by atoms with Crippen molar-refractivity contribution in [1.29, 1.82) is 0 Å². The fraction of sp³-hybridized carbons (Fsp3) is 0.444. The molecule has 2 N–H and O–H groups in total. The van der Waals surface area contributed by atoms with E-state index in [-0.39, 0.29) is 5.91 Å². The number of halogens is 1. The molecule has 0 aromatic heterocycles. The zero-order valence-electron chi connectivity index (χ0n) is 14.7. The largest absolute Gasteiger partial charge is 0.412 e. The van der Waals surface area contributed by atoms with Gasteiger partial charge >= 0.3 is 6.09 Å². The number of nitrogens with one attached hydrogen (secondary N) is 2. The van der Waals surface area contributed by atoms with Gasteiger partial charge in [-0.05, 0) is 51.3 Å². The molecule has 24 heavy (non-hydrogen) atoms. The Bertz CT molecular complexity index is 723. The summed E-state index contributed by atoms with van der Waals surface area (Å²) >= 11 is 3.57. The molecule has 1 aliphatic heterocycles. The molecule has 0 spiro atoms. The van der Waals surface area contributed by atoms with Crippen molar-refractivity contribution in [2.24, 2.45) is 0 Å². The van der Waals surface area contributed by atoms with Crippen LogP contribution in [-0.4, -0.2) is 24.1 Å². The van der Waals surface area contributed by atoms with Gasteiger partial charge in [0.25, 0.3) is 5.91 Å². The first-order chi connectivity index (χ1) is 11.2. The summed E-state index contributed by atoms with van der Waals surface area (Å²) in [6.45, 7) is 9.95. The highest BCUT2D eigenvalue weighted by atomic mass is 79.9. The predicted octanol–water partition coefficient (Wildman–Crippen LogP) is 3.69. The molecule has 5 nitrogen and oxygen atoms in total. The molecule has 0 saturated heterocycles. The fourth-order valence-corrected chi connectivity index (χ4v) is 3.68. The smallest absolute Gasteiger partial charge is 0.411 e. The number of ether oxygens (including phenoxy) is 1. The van der Waals surface area contributed by atoms with E-state index < -0.39 is 11.6 Å². The van der Waals surface area contributed by atoms with Crippen LogP contribution < -0.4 is 10.6 Å². The van der Waals surface area contributed by atoms with Gasteiger partial charge < -0.3 is 15.4 Å². The molecular formula is C18H23BrN2O3. The maximum atomic E-state index is 12.6. The van der Waals surface area contributed by atoms with E-state index in [0.717, 1.165) is 27.6 Å². The van der Waals surface area contributed by atoms with Crippen LogP contribution in [0.4, 0.5) is 4.79 Å². The maximum Gasteiger partial charge on any atom is 0.412 e. The number of alkyl carbamates (subject to hydrolysis) is 1. The summed E-state index contributed by atoms with van der Waals surface area (Å²) in [5, 5.41) is 5.50. The lowest BCUT2D eigenvalue weighted by atomic mass is 9.93. The van der Waals surface area contributed by atoms with Crippen LogP contribution in [0.25, 0.3) is 5.57 Å². The van der Waals surface area contributed by atoms with Gasteiger partial charge in [0.2, 0.25) is 0 Å². The molecule has 0 saturated carbocycles. The van der Waals surface area contributed by atoms with Gasteiger partial charge in [-0.15, -0.1) is 0 Å². The number of carbonyl (C=O) groups excluding carboxylic acids is 2. The zero-order chi connectivity index (χ0) is 18.1. The van der Waals surface area contributed by atoms with Crippen LogP contribution in [0.5, 0.6) is 0 Å². The second kappa shape index (κ2) is 6.97. The predicted molar refractivity (Wildman–Crippen MR) is 97.6 cm³/mol. The van der Waals surface area contributed by atoms with Gasteiger partial charge in [0.15, 0.2) is 0 Å². The lowest BCUT2D eigenvalue weighted by Crippen LogP contribution is -2.40. The normalized spacial score (nSPS) is 16.2. The zero-order valence-corrected chi connectivity index (χ0v) is 16.3. The number of hydrogen-bond donors (Lipinski definition) is 2. The third-order valence-electron chi connectivity index (χ3n) is 3.91. The Kier molecular flexibility index (Phi) is 5.38. The number of amides is 2. The van der Waals surface area contributed by atoms with E-state index in [1.807, 2.05) is 40.7 Å². The van der Waals surface area contributed by atoms with Gasteiger partial charge in [-0.3, -0.25) is 4.79 Å². The summed E-state index contributed by atoms with van der Waals surface area (Å²) in [5.74, 6) is 0.108. The Hall–Kier alpha value is -1.82. The monoisotopic (exact) mass is 394 g/mol. The summed E-state index contributed by atoms with van der Waals surface area (Å²) < 4.78 is 6.33. The quantitative estimate of drug-likeness (QED) is 0.817. The summed E-state index contributed by atoms with van der Waals surface area (Å²) in [6.07, 6.45) is 0.206. The molecule has 1 heterocycles. The van der Waals surface area contributed by atoms with Crippen molar-refractivity contribution in [3.05, 3.63) is 39.1 Å². The van der Waals surface area contributed by atoms with E-state index >= 15 is 0 Å². The van der Waals surface area contributed by atoms with Crippen molar-refractivity contribution < 1.29 is 14.3 Å². The Morgan fingerprint density at radius 3 is 2.58 bits per heavy atom. The van der Waals surface area contributed by atoms with Crippen LogP contribution in [-0.2, 0) is 16.0 Å². The molecule has 6 heteroatoms. The second-order valence-electron chi connectivity index (χ2n) is 6.34. The highest BCUT2D eigenvalue weighted by Crippen LogP contribution is 2.39. The first-order valence-corrected chi connectivity index (χ1v) is 8.82. The molecule has 0 unspecified atom stereocenters. The van der Waals surface area contributed by atoms with Gasteiger partial charge in [-0.2, -0.15) is 0 Å². The molecule has 1 aromatic rings. The van der Waals surface area contributed by atoms with Crippen molar-refractivity contribution in [2.75, 3.05) is 6.54 Å². The highest BCUT2D eigenvalue weighted by molar-refractivity contribution is 9.10. The molecule has 0 fully saturated rings. The van der Waals surface area contributed by atoms with Crippen molar-refractivity contribution in [1.82, 2.24) is 10.6 Å². The number of rotatable bonds is 4. The third kappa shape index (κ3) is 3.48. The standard InChI is InChI=1S/C18H23BrN2O3/c1-6-11-8-10(3)9-12(19)13(11)14-15(24-17(23)20-7-2)18(4,5)21-16(14)22/h8-9H,6-7H2,1-5H3,(H,20,23)(H,21,22). The Labute approximate surface area is 151 Å². The van der Waals surface area contributed by atoms with Crippen molar-refractivity contribution in [2.45, 2.75) is 46.6 Å². The molecule has 0 radical (unpaired) electrons. The Morgan fingerprint density at radius 1 is 1.33 bits per heavy atom. The lowest BCUT2D eigenvalue weighted by Gasteiger charge is -2.22. The molecule has 1 aliphatic rings. The van der Waals surface area contributed by atoms with Crippen LogP contribution in [0.2, 0.25) is 0 Å². The Balaban J connectivity index is 2.67. The summed E-state index contributed by atoms with van der Waals surface area (Å²) in [6, 6.07) is 4.01. The summed E-state index contributed by atoms with van der Waals surface area (Å²) in [7, 11) is 0. The topological polar surface area (TPSA) is 67.4 Å². The van der Waals surface area contributed by atoms with Crippen molar-refractivity contribution >= 4 is 33.5 Å². The SMILES string of the molecule is CCNC(=O)OC1=C(c2c(Br)cc(C)cc2CC)C(=O)NC1(C)C. The lowest BCUT2D eigenvalue weighted by molar-refractivity contribution is -0.115. The second-order valence-corrected chi connectivity index (χ2v) is 7.19. The van der Waals surface area contributed by atoms with Gasteiger partial charge in [0.05, 0.1) is 11.1 Å². The molecule has 0 aliphatic carbocycles. The number of hydrogen-bond acceptors (Lipinski definition) is 3. The fourth-order valence-electron chi connectivity index (χ4n) is 2.87. The minimum absolute atomic E-state index is 0.237. The molecular weight excluding hydrogens is 372 g/mol. The molecule has 0 atom stereocenters. The van der Waals surface area contributed by atoms with Crippen molar-refractivity contribution in [3.63, 3.8) is 0 Å². The van der Waals surface area contributed by atoms with E-state index in [2.05, 4.69) is 32.6 Å². The number of carbonyl (C=O) groups is 2. The maximum absolute atomic E-state index is 12.6. The molecule has 0 bridgehead atoms. The third-order valence-corrected chi connectivity index (χ3v) is 4.54. The van der Waals surface area contributed by atoms with Crippen LogP contribution in [0.15, 0.2) is 22.4 Å². The first kappa shape index (κ1) is 18.5. The molecule has 130 valence electrons. The number of benzene rings is 1. The van der Waals surface area contributed by atoms with Crippen LogP contribution in [0.3, 0.4) is 0 Å². The minimum Gasteiger partial charge on any atom is -0.411 e. The summed E-state index contributed by atoms with van der Waals surface area (Å²) in [4.78, 5) is 24.6. The van der Waals surface area contributed by atoms with Crippen molar-refractivity contribution in [3.8, 4) is 0 Å². The van der Waals surface area contributed by atoms with Crippen LogP contribution in [0.1, 0.15) is 44.4 Å². The molecule has 2 amide bonds. The highest BCUT2D eigenvalue weighted by Gasteiger charge is 2.42.